The van der Waals surface area contributed by atoms with Crippen molar-refractivity contribution in [1.82, 2.24) is 9.78 Å². The predicted octanol–water partition coefficient (Wildman–Crippen LogP) is 6.45. The number of ether oxygens (including phenoxy) is 4. The van der Waals surface area contributed by atoms with E-state index in [9.17, 15) is 9.59 Å². The Morgan fingerprint density at radius 1 is 0.902 bits per heavy atom. The van der Waals surface area contributed by atoms with Gasteiger partial charge in [0.05, 0.1) is 32.6 Å². The number of aryl methyl sites for hydroxylation is 1. The highest BCUT2D eigenvalue weighted by Gasteiger charge is 2.26. The molecule has 214 valence electrons. The van der Waals surface area contributed by atoms with Crippen molar-refractivity contribution in [2.45, 2.75) is 34.1 Å². The van der Waals surface area contributed by atoms with Crippen LogP contribution >= 0.6 is 0 Å². The summed E-state index contributed by atoms with van der Waals surface area (Å²) < 4.78 is 24.2. The third-order valence-electron chi connectivity index (χ3n) is 6.32. The van der Waals surface area contributed by atoms with E-state index >= 15 is 0 Å². The molecule has 9 heteroatoms. The molecule has 0 atom stereocenters. The summed E-state index contributed by atoms with van der Waals surface area (Å²) in [6, 6.07) is 18.7. The smallest absolute Gasteiger partial charge is 0.309 e. The minimum atomic E-state index is -0.492. The Kier molecular flexibility index (Phi) is 8.97. The van der Waals surface area contributed by atoms with Crippen LogP contribution in [0, 0.1) is 12.8 Å². The molecule has 41 heavy (non-hydrogen) atoms. The molecule has 0 aliphatic carbocycles. The average Bonchev–Trinajstić information content (AvgIpc) is 3.30. The molecule has 1 N–H and O–H groups in total. The summed E-state index contributed by atoms with van der Waals surface area (Å²) in [6.07, 6.45) is 0.424. The summed E-state index contributed by atoms with van der Waals surface area (Å²) in [4.78, 5) is 24.7. The van der Waals surface area contributed by atoms with Crippen molar-refractivity contribution in [3.63, 3.8) is 0 Å². The molecule has 0 aliphatic heterocycles. The fourth-order valence-corrected chi connectivity index (χ4v) is 4.55. The van der Waals surface area contributed by atoms with Gasteiger partial charge in [0.15, 0.2) is 11.5 Å². The van der Waals surface area contributed by atoms with Crippen LogP contribution in [0.25, 0.3) is 28.1 Å². The van der Waals surface area contributed by atoms with Crippen LogP contribution in [0.2, 0.25) is 0 Å². The second-order valence-corrected chi connectivity index (χ2v) is 10.0. The van der Waals surface area contributed by atoms with Crippen LogP contribution in [-0.4, -0.2) is 43.0 Å². The molecule has 0 saturated carbocycles. The van der Waals surface area contributed by atoms with E-state index in [4.69, 9.17) is 24.0 Å². The highest BCUT2D eigenvalue weighted by molar-refractivity contribution is 5.92. The van der Waals surface area contributed by atoms with Crippen molar-refractivity contribution in [3.05, 3.63) is 66.2 Å². The lowest BCUT2D eigenvalue weighted by atomic mass is 10.00. The van der Waals surface area contributed by atoms with Crippen molar-refractivity contribution in [1.29, 1.82) is 0 Å². The van der Waals surface area contributed by atoms with E-state index in [0.29, 0.717) is 46.2 Å². The number of nitrogens with zero attached hydrogens (tertiary/aromatic N) is 2. The summed E-state index contributed by atoms with van der Waals surface area (Å²) in [5.41, 5.74) is 4.89. The van der Waals surface area contributed by atoms with Crippen LogP contribution in [0.4, 0.5) is 5.69 Å². The maximum absolute atomic E-state index is 12.4. The quantitative estimate of drug-likeness (QED) is 0.224. The van der Waals surface area contributed by atoms with E-state index in [0.717, 1.165) is 16.8 Å². The van der Waals surface area contributed by atoms with Crippen molar-refractivity contribution in [2.24, 2.45) is 5.92 Å². The normalized spacial score (nSPS) is 10.8. The number of carbonyl (C=O) groups excluding carboxylic acids is 2. The summed E-state index contributed by atoms with van der Waals surface area (Å²) in [6.45, 7) is 7.32. The molecule has 4 aromatic rings. The number of esters is 1. The molecule has 0 fully saturated rings. The third-order valence-corrected chi connectivity index (χ3v) is 6.32. The number of carbonyl (C=O) groups is 2. The lowest BCUT2D eigenvalue weighted by molar-refractivity contribution is -0.132. The molecule has 9 nitrogen and oxygen atoms in total. The van der Waals surface area contributed by atoms with Gasteiger partial charge in [0, 0.05) is 24.6 Å². The molecule has 0 bridgehead atoms. The Bertz CT molecular complexity index is 1530. The monoisotopic (exact) mass is 557 g/mol. The second kappa shape index (κ2) is 12.6. The highest BCUT2D eigenvalue weighted by Crippen LogP contribution is 2.46. The molecule has 0 aliphatic rings. The SMILES string of the molecule is COc1cc(-c2nn(-c3cccc(C)c3)c(OC(C)=O)c2-c2ccc(NC(=O)CC(C)C)cc2)cc(OC)c1OC. The maximum Gasteiger partial charge on any atom is 0.309 e. The third kappa shape index (κ3) is 6.51. The van der Waals surface area contributed by atoms with Gasteiger partial charge in [0.1, 0.15) is 5.69 Å². The minimum absolute atomic E-state index is 0.0567. The Labute approximate surface area is 240 Å². The number of amides is 1. The summed E-state index contributed by atoms with van der Waals surface area (Å²) in [5.74, 6) is 1.30. The number of anilines is 1. The Morgan fingerprint density at radius 2 is 1.56 bits per heavy atom. The molecular weight excluding hydrogens is 522 g/mol. The van der Waals surface area contributed by atoms with Gasteiger partial charge in [-0.1, -0.05) is 38.1 Å². The molecule has 1 aromatic heterocycles. The van der Waals surface area contributed by atoms with Crippen LogP contribution in [0.15, 0.2) is 60.7 Å². The van der Waals surface area contributed by atoms with Gasteiger partial charge >= 0.3 is 5.97 Å². The van der Waals surface area contributed by atoms with Crippen LogP contribution in [-0.2, 0) is 9.59 Å². The number of benzene rings is 3. The van der Waals surface area contributed by atoms with Gasteiger partial charge in [-0.2, -0.15) is 9.78 Å². The number of rotatable bonds is 10. The molecule has 1 amide bonds. The summed E-state index contributed by atoms with van der Waals surface area (Å²) in [7, 11) is 4.63. The van der Waals surface area contributed by atoms with E-state index in [1.807, 2.05) is 69.3 Å². The highest BCUT2D eigenvalue weighted by atomic mass is 16.5. The standard InChI is InChI=1S/C32H35N3O6/c1-19(2)15-28(37)33-24-13-11-22(12-14-24)29-30(23-17-26(38-5)31(40-7)27(18-23)39-6)34-35(32(29)41-21(4)36)25-10-8-9-20(3)16-25/h8-14,16-19H,15H2,1-7H3,(H,33,37). The van der Waals surface area contributed by atoms with Crippen LogP contribution < -0.4 is 24.3 Å². The summed E-state index contributed by atoms with van der Waals surface area (Å²) in [5, 5.41) is 7.88. The predicted molar refractivity (Wildman–Crippen MR) is 158 cm³/mol. The molecule has 0 spiro atoms. The van der Waals surface area contributed by atoms with Gasteiger partial charge in [-0.3, -0.25) is 9.59 Å². The first kappa shape index (κ1) is 29.2. The van der Waals surface area contributed by atoms with E-state index in [-0.39, 0.29) is 17.7 Å². The first-order valence-corrected chi connectivity index (χ1v) is 13.2. The number of aromatic nitrogens is 2. The lowest BCUT2D eigenvalue weighted by Crippen LogP contribution is -2.13. The molecule has 0 radical (unpaired) electrons. The largest absolute Gasteiger partial charge is 0.493 e. The molecule has 0 unspecified atom stereocenters. The Hall–Kier alpha value is -4.79. The van der Waals surface area contributed by atoms with E-state index in [1.54, 1.807) is 31.0 Å². The van der Waals surface area contributed by atoms with Crippen molar-refractivity contribution >= 4 is 17.6 Å². The van der Waals surface area contributed by atoms with E-state index in [2.05, 4.69) is 5.32 Å². The minimum Gasteiger partial charge on any atom is -0.493 e. The fraction of sp³-hybridized carbons (Fsp3) is 0.281. The van der Waals surface area contributed by atoms with Gasteiger partial charge in [-0.15, -0.1) is 0 Å². The summed E-state index contributed by atoms with van der Waals surface area (Å²) >= 11 is 0. The molecular formula is C32H35N3O6. The van der Waals surface area contributed by atoms with Gasteiger partial charge < -0.3 is 24.3 Å². The number of nitrogens with one attached hydrogen (secondary N) is 1. The number of methoxy groups -OCH3 is 3. The zero-order valence-electron chi connectivity index (χ0n) is 24.4. The number of hydrogen-bond donors (Lipinski definition) is 1. The van der Waals surface area contributed by atoms with Crippen molar-refractivity contribution < 1.29 is 28.5 Å². The average molecular weight is 558 g/mol. The fourth-order valence-electron chi connectivity index (χ4n) is 4.55. The molecule has 4 rings (SSSR count). The van der Waals surface area contributed by atoms with E-state index < -0.39 is 5.97 Å². The van der Waals surface area contributed by atoms with Crippen LogP contribution in [0.1, 0.15) is 32.8 Å². The molecule has 1 heterocycles. The Balaban J connectivity index is 1.96. The first-order chi connectivity index (χ1) is 19.6. The molecule has 3 aromatic carbocycles. The van der Waals surface area contributed by atoms with Crippen molar-refractivity contribution in [2.75, 3.05) is 26.6 Å². The van der Waals surface area contributed by atoms with Gasteiger partial charge in [0.2, 0.25) is 17.5 Å². The maximum atomic E-state index is 12.4. The van der Waals surface area contributed by atoms with Crippen molar-refractivity contribution in [3.8, 4) is 51.2 Å². The zero-order valence-corrected chi connectivity index (χ0v) is 24.4. The first-order valence-electron chi connectivity index (χ1n) is 13.2. The number of hydrogen-bond acceptors (Lipinski definition) is 7. The van der Waals surface area contributed by atoms with Gasteiger partial charge in [-0.25, -0.2) is 0 Å². The lowest BCUT2D eigenvalue weighted by Gasteiger charge is -2.14. The van der Waals surface area contributed by atoms with E-state index in [1.165, 1.54) is 14.0 Å². The topological polar surface area (TPSA) is 101 Å². The molecule has 0 saturated heterocycles. The van der Waals surface area contributed by atoms with Gasteiger partial charge in [0.25, 0.3) is 0 Å². The zero-order chi connectivity index (χ0) is 29.7. The van der Waals surface area contributed by atoms with Crippen LogP contribution in [0.5, 0.6) is 23.1 Å². The Morgan fingerprint density at radius 3 is 2.10 bits per heavy atom. The van der Waals surface area contributed by atoms with Gasteiger partial charge in [-0.05, 0) is 60.4 Å². The van der Waals surface area contributed by atoms with Crippen LogP contribution in [0.3, 0.4) is 0 Å². The second-order valence-electron chi connectivity index (χ2n) is 10.0.